The molecule has 28 heavy (non-hydrogen) atoms. The Morgan fingerprint density at radius 1 is 1.11 bits per heavy atom. The van der Waals surface area contributed by atoms with Crippen molar-refractivity contribution in [1.82, 2.24) is 9.38 Å². The minimum absolute atomic E-state index is 0. The lowest BCUT2D eigenvalue weighted by molar-refractivity contribution is -0.594. The van der Waals surface area contributed by atoms with Gasteiger partial charge in [0.15, 0.2) is 5.52 Å². The summed E-state index contributed by atoms with van der Waals surface area (Å²) in [5, 5.41) is 2.07. The summed E-state index contributed by atoms with van der Waals surface area (Å²) in [6.07, 6.45) is 3.91. The van der Waals surface area contributed by atoms with Crippen LogP contribution >= 0.6 is 15.9 Å². The molecule has 0 bridgehead atoms. The summed E-state index contributed by atoms with van der Waals surface area (Å²) in [5.74, 6) is -0.373. The molecule has 5 aromatic rings. The zero-order valence-electron chi connectivity index (χ0n) is 14.8. The molecule has 0 atom stereocenters. The predicted octanol–water partition coefficient (Wildman–Crippen LogP) is 1.40. The summed E-state index contributed by atoms with van der Waals surface area (Å²) in [4.78, 5) is 16.0. The maximum Gasteiger partial charge on any atom is 0.378 e. The van der Waals surface area contributed by atoms with E-state index in [2.05, 4.69) is 27.0 Å². The predicted molar refractivity (Wildman–Crippen MR) is 107 cm³/mol. The average molecular weight is 457 g/mol. The fourth-order valence-electron chi connectivity index (χ4n) is 3.57. The van der Waals surface area contributed by atoms with E-state index in [9.17, 15) is 4.79 Å². The maximum atomic E-state index is 12.5. The van der Waals surface area contributed by atoms with Gasteiger partial charge >= 0.3 is 5.97 Å². The van der Waals surface area contributed by atoms with Gasteiger partial charge in [-0.05, 0) is 34.1 Å². The number of H-pyrrole nitrogens is 1. The standard InChI is InChI=1S/C21H14BrN3O2.ClH/c1-27-21(26)18-10-14-13-6-2-4-8-16(13)23-20(14)19-11-24(12-25(18)19)17-9-5-3-7-15(17)22;/h2-12H,1H3;1H. The van der Waals surface area contributed by atoms with Gasteiger partial charge < -0.3 is 22.1 Å². The topological polar surface area (TPSA) is 50.4 Å². The van der Waals surface area contributed by atoms with Gasteiger partial charge in [0.1, 0.15) is 11.9 Å². The highest BCUT2D eigenvalue weighted by Crippen LogP contribution is 2.30. The number of pyridine rings is 1. The Kier molecular flexibility index (Phi) is 4.61. The van der Waals surface area contributed by atoms with Crippen LogP contribution in [-0.2, 0) is 4.74 Å². The van der Waals surface area contributed by atoms with Crippen molar-refractivity contribution in [3.05, 3.63) is 77.3 Å². The number of para-hydroxylation sites is 2. The van der Waals surface area contributed by atoms with Gasteiger partial charge in [-0.25, -0.2) is 9.36 Å². The first kappa shape index (κ1) is 18.5. The number of esters is 1. The molecule has 2 aromatic carbocycles. The Bertz CT molecular complexity index is 1360. The van der Waals surface area contributed by atoms with Crippen LogP contribution in [0.15, 0.2) is 71.6 Å². The number of carbonyl (C=O) groups excluding carboxylic acids is 1. The number of ether oxygens (including phenoxy) is 1. The number of hydrogen-bond acceptors (Lipinski definition) is 2. The Hall–Kier alpha value is -2.83. The van der Waals surface area contributed by atoms with Gasteiger partial charge in [0.2, 0.25) is 5.69 Å². The van der Waals surface area contributed by atoms with E-state index in [1.807, 2.05) is 70.0 Å². The Morgan fingerprint density at radius 2 is 1.86 bits per heavy atom. The third-order valence-corrected chi connectivity index (χ3v) is 5.50. The smallest absolute Gasteiger partial charge is 0.378 e. The summed E-state index contributed by atoms with van der Waals surface area (Å²) in [6, 6.07) is 17.9. The van der Waals surface area contributed by atoms with Crippen LogP contribution in [0.3, 0.4) is 0 Å². The van der Waals surface area contributed by atoms with Crippen molar-refractivity contribution in [3.8, 4) is 5.69 Å². The Morgan fingerprint density at radius 3 is 2.64 bits per heavy atom. The molecule has 0 saturated heterocycles. The summed E-state index contributed by atoms with van der Waals surface area (Å²) < 4.78 is 9.86. The molecule has 0 aliphatic carbocycles. The molecule has 0 fully saturated rings. The van der Waals surface area contributed by atoms with E-state index in [-0.39, 0.29) is 18.4 Å². The van der Waals surface area contributed by atoms with E-state index < -0.39 is 0 Å². The molecule has 1 N–H and O–H groups in total. The second-order valence-electron chi connectivity index (χ2n) is 6.34. The lowest BCUT2D eigenvalue weighted by Crippen LogP contribution is -3.00. The number of methoxy groups -OCH3 is 1. The molecular weight excluding hydrogens is 442 g/mol. The summed E-state index contributed by atoms with van der Waals surface area (Å²) in [5.41, 5.74) is 4.39. The summed E-state index contributed by atoms with van der Waals surface area (Å²) in [7, 11) is 1.40. The number of nitrogens with zero attached hydrogens (tertiary/aromatic N) is 2. The van der Waals surface area contributed by atoms with Crippen molar-refractivity contribution in [2.45, 2.75) is 0 Å². The lowest BCUT2D eigenvalue weighted by Gasteiger charge is -2.00. The molecule has 5 rings (SSSR count). The third kappa shape index (κ3) is 2.68. The highest BCUT2D eigenvalue weighted by Gasteiger charge is 2.24. The Balaban J connectivity index is 0.00000192. The van der Waals surface area contributed by atoms with Gasteiger partial charge in [-0.15, -0.1) is 0 Å². The van der Waals surface area contributed by atoms with Gasteiger partial charge in [-0.3, -0.25) is 0 Å². The number of benzene rings is 2. The quantitative estimate of drug-likeness (QED) is 0.323. The summed E-state index contributed by atoms with van der Waals surface area (Å²) >= 11 is 3.60. The molecule has 3 aromatic heterocycles. The first-order valence-corrected chi connectivity index (χ1v) is 9.26. The number of imidazole rings is 1. The number of halogens is 2. The van der Waals surface area contributed by atoms with Crippen LogP contribution < -0.4 is 17.0 Å². The first-order valence-electron chi connectivity index (χ1n) is 8.47. The molecule has 0 amide bonds. The van der Waals surface area contributed by atoms with E-state index in [1.165, 1.54) is 7.11 Å². The number of nitrogens with one attached hydrogen (secondary N) is 1. The van der Waals surface area contributed by atoms with Crippen LogP contribution in [0.1, 0.15) is 10.5 Å². The van der Waals surface area contributed by atoms with E-state index in [4.69, 9.17) is 4.74 Å². The van der Waals surface area contributed by atoms with Crippen molar-refractivity contribution < 1.29 is 26.5 Å². The molecule has 140 valence electrons. The monoisotopic (exact) mass is 455 g/mol. The largest absolute Gasteiger partial charge is 1.00 e. The van der Waals surface area contributed by atoms with Crippen molar-refractivity contribution in [2.24, 2.45) is 0 Å². The number of fused-ring (bicyclic) bond motifs is 5. The van der Waals surface area contributed by atoms with Crippen molar-refractivity contribution in [2.75, 3.05) is 7.11 Å². The van der Waals surface area contributed by atoms with Gasteiger partial charge in [-0.1, -0.05) is 30.3 Å². The van der Waals surface area contributed by atoms with Gasteiger partial charge in [0.25, 0.3) is 6.33 Å². The fraction of sp³-hybridized carbons (Fsp3) is 0.0476. The van der Waals surface area contributed by atoms with Crippen LogP contribution in [0.25, 0.3) is 33.0 Å². The number of aromatic nitrogens is 3. The lowest BCUT2D eigenvalue weighted by atomic mass is 10.1. The van der Waals surface area contributed by atoms with Crippen LogP contribution in [0.4, 0.5) is 0 Å². The molecule has 3 heterocycles. The van der Waals surface area contributed by atoms with Crippen LogP contribution in [0.5, 0.6) is 0 Å². The molecule has 0 unspecified atom stereocenters. The van der Waals surface area contributed by atoms with E-state index in [0.29, 0.717) is 5.69 Å². The van der Waals surface area contributed by atoms with Crippen molar-refractivity contribution in [3.63, 3.8) is 0 Å². The van der Waals surface area contributed by atoms with Gasteiger partial charge in [0, 0.05) is 22.4 Å². The molecule has 0 spiro atoms. The SMILES string of the molecule is COC(=O)c1cc2c3ccccc3[nH]c2c2c[n+](-c3ccccc3Br)cn12.[Cl-]. The minimum Gasteiger partial charge on any atom is -1.00 e. The molecule has 0 radical (unpaired) electrons. The van der Waals surface area contributed by atoms with Crippen LogP contribution in [-0.4, -0.2) is 22.5 Å². The molecule has 5 nitrogen and oxygen atoms in total. The number of aromatic amines is 1. The van der Waals surface area contributed by atoms with Crippen LogP contribution in [0.2, 0.25) is 0 Å². The minimum atomic E-state index is -0.373. The normalized spacial score (nSPS) is 11.1. The highest BCUT2D eigenvalue weighted by atomic mass is 79.9. The molecule has 7 heteroatoms. The van der Waals surface area contributed by atoms with Crippen LogP contribution in [0, 0.1) is 0 Å². The zero-order valence-corrected chi connectivity index (χ0v) is 17.2. The molecule has 0 aliphatic rings. The maximum absolute atomic E-state index is 12.5. The highest BCUT2D eigenvalue weighted by molar-refractivity contribution is 9.10. The van der Waals surface area contributed by atoms with Gasteiger partial charge in [0.05, 0.1) is 17.1 Å². The number of carbonyl (C=O) groups is 1. The number of rotatable bonds is 2. The summed E-state index contributed by atoms with van der Waals surface area (Å²) in [6.45, 7) is 0. The van der Waals surface area contributed by atoms with Crippen molar-refractivity contribution in [1.29, 1.82) is 0 Å². The Labute approximate surface area is 175 Å². The van der Waals surface area contributed by atoms with E-state index >= 15 is 0 Å². The van der Waals surface area contributed by atoms with Gasteiger partial charge in [-0.2, -0.15) is 4.40 Å². The zero-order chi connectivity index (χ0) is 18.5. The third-order valence-electron chi connectivity index (χ3n) is 4.83. The molecular formula is C21H15BrClN3O2. The average Bonchev–Trinajstić information content (AvgIpc) is 3.28. The first-order chi connectivity index (χ1) is 13.2. The second kappa shape index (κ2) is 6.96. The fourth-order valence-corrected chi connectivity index (χ4v) is 4.06. The molecule has 0 aliphatic heterocycles. The van der Waals surface area contributed by atoms with Crippen molar-refractivity contribution >= 4 is 49.2 Å². The second-order valence-corrected chi connectivity index (χ2v) is 7.19. The number of hydrogen-bond donors (Lipinski definition) is 1. The van der Waals surface area contributed by atoms with E-state index in [0.717, 1.165) is 37.5 Å². The molecule has 0 saturated carbocycles. The van der Waals surface area contributed by atoms with E-state index in [1.54, 1.807) is 0 Å².